The Bertz CT molecular complexity index is 270. The number of rotatable bonds is 12. The number of aliphatic hydroxyl groups is 1. The Morgan fingerprint density at radius 3 is 2.45 bits per heavy atom. The molecule has 0 rings (SSSR count). The van der Waals surface area contributed by atoms with Gasteiger partial charge in [0.15, 0.2) is 0 Å². The van der Waals surface area contributed by atoms with Crippen molar-refractivity contribution in [3.05, 3.63) is 0 Å². The number of esters is 1. The number of amides is 1. The Balaban J connectivity index is 4.15. The number of unbranched alkanes of at least 4 members (excludes halogenated alkanes) is 1. The van der Waals surface area contributed by atoms with Gasteiger partial charge >= 0.3 is 5.97 Å². The quantitative estimate of drug-likeness (QED) is 0.428. The minimum atomic E-state index is -0.294. The van der Waals surface area contributed by atoms with E-state index < -0.39 is 0 Å². The van der Waals surface area contributed by atoms with Gasteiger partial charge in [-0.1, -0.05) is 13.3 Å². The molecule has 0 aromatic carbocycles. The highest BCUT2D eigenvalue weighted by atomic mass is 16.5. The summed E-state index contributed by atoms with van der Waals surface area (Å²) in [6.07, 6.45) is 2.48. The van der Waals surface area contributed by atoms with Gasteiger partial charge < -0.3 is 19.5 Å². The van der Waals surface area contributed by atoms with Crippen LogP contribution in [0.5, 0.6) is 0 Å². The maximum atomic E-state index is 12.0. The van der Waals surface area contributed by atoms with E-state index in [9.17, 15) is 9.59 Å². The lowest BCUT2D eigenvalue weighted by Crippen LogP contribution is -2.36. The lowest BCUT2D eigenvalue weighted by atomic mass is 10.2. The van der Waals surface area contributed by atoms with Crippen LogP contribution in [0.1, 0.15) is 39.5 Å². The summed E-state index contributed by atoms with van der Waals surface area (Å²) in [4.78, 5) is 25.0. The molecule has 20 heavy (non-hydrogen) atoms. The number of nitrogens with zero attached hydrogens (tertiary/aromatic N) is 1. The number of carbonyl (C=O) groups is 2. The topological polar surface area (TPSA) is 76.1 Å². The van der Waals surface area contributed by atoms with Crippen LogP contribution in [0.2, 0.25) is 0 Å². The molecule has 0 heterocycles. The molecule has 0 aromatic heterocycles. The Hall–Kier alpha value is -1.14. The smallest absolute Gasteiger partial charge is 0.307 e. The largest absolute Gasteiger partial charge is 0.466 e. The first-order valence-electron chi connectivity index (χ1n) is 7.27. The normalized spacial score (nSPS) is 10.3. The number of hydrogen-bond acceptors (Lipinski definition) is 5. The highest BCUT2D eigenvalue weighted by Gasteiger charge is 2.14. The molecule has 0 fully saturated rings. The maximum Gasteiger partial charge on any atom is 0.307 e. The van der Waals surface area contributed by atoms with E-state index in [1.165, 1.54) is 0 Å². The van der Waals surface area contributed by atoms with Crippen LogP contribution in [0.15, 0.2) is 0 Å². The number of hydrogen-bond donors (Lipinski definition) is 1. The van der Waals surface area contributed by atoms with Gasteiger partial charge in [0.05, 0.1) is 32.8 Å². The van der Waals surface area contributed by atoms with Crippen LogP contribution < -0.4 is 0 Å². The molecule has 0 atom stereocenters. The Morgan fingerprint density at radius 1 is 1.10 bits per heavy atom. The molecule has 0 aliphatic carbocycles. The van der Waals surface area contributed by atoms with Gasteiger partial charge in [-0.25, -0.2) is 0 Å². The maximum absolute atomic E-state index is 12.0. The van der Waals surface area contributed by atoms with E-state index >= 15 is 0 Å². The fraction of sp³-hybridized carbons (Fsp3) is 0.857. The molecule has 1 amide bonds. The molecule has 0 aromatic rings. The fourth-order valence-corrected chi connectivity index (χ4v) is 1.65. The Kier molecular flexibility index (Phi) is 12.1. The van der Waals surface area contributed by atoms with Gasteiger partial charge in [0.2, 0.25) is 5.91 Å². The van der Waals surface area contributed by atoms with Crippen LogP contribution >= 0.6 is 0 Å². The number of ether oxygens (including phenoxy) is 2. The van der Waals surface area contributed by atoms with Crippen LogP contribution in [0.4, 0.5) is 0 Å². The third kappa shape index (κ3) is 9.75. The van der Waals surface area contributed by atoms with Gasteiger partial charge in [0.25, 0.3) is 0 Å². The van der Waals surface area contributed by atoms with Crippen molar-refractivity contribution in [1.82, 2.24) is 4.90 Å². The van der Waals surface area contributed by atoms with Crippen molar-refractivity contribution in [3.63, 3.8) is 0 Å². The SMILES string of the molecule is CCCCC(=O)N(CCOCCO)CCC(=O)OCC. The van der Waals surface area contributed by atoms with Crippen molar-refractivity contribution in [1.29, 1.82) is 0 Å². The number of carbonyl (C=O) groups excluding carboxylic acids is 2. The minimum Gasteiger partial charge on any atom is -0.466 e. The summed E-state index contributed by atoms with van der Waals surface area (Å²) in [5.74, 6) is -0.263. The van der Waals surface area contributed by atoms with Gasteiger partial charge in [0, 0.05) is 19.5 Å². The van der Waals surface area contributed by atoms with Crippen molar-refractivity contribution in [2.45, 2.75) is 39.5 Å². The summed E-state index contributed by atoms with van der Waals surface area (Å²) in [6, 6.07) is 0. The molecule has 0 aliphatic rings. The van der Waals surface area contributed by atoms with Crippen molar-refractivity contribution in [2.24, 2.45) is 0 Å². The molecule has 6 nitrogen and oxygen atoms in total. The molecule has 0 saturated heterocycles. The van der Waals surface area contributed by atoms with Gasteiger partial charge in [-0.15, -0.1) is 0 Å². The second-order valence-corrected chi connectivity index (χ2v) is 4.38. The first-order valence-corrected chi connectivity index (χ1v) is 7.27. The second kappa shape index (κ2) is 12.9. The molecule has 0 radical (unpaired) electrons. The molecule has 0 saturated carbocycles. The first-order chi connectivity index (χ1) is 9.65. The lowest BCUT2D eigenvalue weighted by Gasteiger charge is -2.22. The van der Waals surface area contributed by atoms with Gasteiger partial charge in [-0.3, -0.25) is 9.59 Å². The van der Waals surface area contributed by atoms with Gasteiger partial charge in [-0.05, 0) is 13.3 Å². The Labute approximate surface area is 121 Å². The van der Waals surface area contributed by atoms with Crippen LogP contribution in [-0.4, -0.2) is 61.4 Å². The lowest BCUT2D eigenvalue weighted by molar-refractivity contribution is -0.144. The summed E-state index contributed by atoms with van der Waals surface area (Å²) in [6.45, 7) is 5.50. The zero-order valence-electron chi connectivity index (χ0n) is 12.6. The molecule has 6 heteroatoms. The number of aliphatic hydroxyl groups excluding tert-OH is 1. The van der Waals surface area contributed by atoms with Crippen LogP contribution in [0.25, 0.3) is 0 Å². The average molecular weight is 289 g/mol. The summed E-state index contributed by atoms with van der Waals surface area (Å²) in [5.41, 5.74) is 0. The summed E-state index contributed by atoms with van der Waals surface area (Å²) in [7, 11) is 0. The average Bonchev–Trinajstić information content (AvgIpc) is 2.44. The van der Waals surface area contributed by atoms with Crippen molar-refractivity contribution < 1.29 is 24.2 Å². The Morgan fingerprint density at radius 2 is 1.85 bits per heavy atom. The van der Waals surface area contributed by atoms with Crippen molar-refractivity contribution >= 4 is 11.9 Å². The molecular weight excluding hydrogens is 262 g/mol. The van der Waals surface area contributed by atoms with E-state index in [1.54, 1.807) is 11.8 Å². The van der Waals surface area contributed by atoms with E-state index in [-0.39, 0.29) is 31.5 Å². The molecule has 0 unspecified atom stereocenters. The molecule has 118 valence electrons. The predicted octanol–water partition coefficient (Wildman–Crippen LogP) is 0.967. The highest BCUT2D eigenvalue weighted by Crippen LogP contribution is 2.03. The van der Waals surface area contributed by atoms with E-state index in [0.29, 0.717) is 32.7 Å². The van der Waals surface area contributed by atoms with E-state index in [0.717, 1.165) is 12.8 Å². The van der Waals surface area contributed by atoms with Crippen molar-refractivity contribution in [3.8, 4) is 0 Å². The summed E-state index contributed by atoms with van der Waals surface area (Å²) >= 11 is 0. The molecule has 0 spiro atoms. The van der Waals surface area contributed by atoms with E-state index in [4.69, 9.17) is 14.6 Å². The standard InChI is InChI=1S/C14H27NO5/c1-3-5-6-13(17)15(9-11-19-12-10-16)8-7-14(18)20-4-2/h16H,3-12H2,1-2H3. The van der Waals surface area contributed by atoms with Crippen molar-refractivity contribution in [2.75, 3.05) is 39.5 Å². The van der Waals surface area contributed by atoms with E-state index in [1.807, 2.05) is 6.92 Å². The third-order valence-corrected chi connectivity index (χ3v) is 2.73. The fourth-order valence-electron chi connectivity index (χ4n) is 1.65. The zero-order chi connectivity index (χ0) is 15.2. The molecule has 0 aliphatic heterocycles. The second-order valence-electron chi connectivity index (χ2n) is 4.38. The monoisotopic (exact) mass is 289 g/mol. The molecule has 1 N–H and O–H groups in total. The minimum absolute atomic E-state index is 0.0312. The van der Waals surface area contributed by atoms with E-state index in [2.05, 4.69) is 0 Å². The van der Waals surface area contributed by atoms with Crippen LogP contribution in [0, 0.1) is 0 Å². The predicted molar refractivity (Wildman–Crippen MR) is 75.3 cm³/mol. The summed E-state index contributed by atoms with van der Waals surface area (Å²) in [5, 5.41) is 8.63. The molecular formula is C14H27NO5. The third-order valence-electron chi connectivity index (χ3n) is 2.73. The molecule has 0 bridgehead atoms. The highest BCUT2D eigenvalue weighted by molar-refractivity contribution is 5.77. The van der Waals surface area contributed by atoms with Gasteiger partial charge in [0.1, 0.15) is 0 Å². The zero-order valence-corrected chi connectivity index (χ0v) is 12.6. The summed E-state index contributed by atoms with van der Waals surface area (Å²) < 4.78 is 10.0. The van der Waals surface area contributed by atoms with Gasteiger partial charge in [-0.2, -0.15) is 0 Å². The first kappa shape index (κ1) is 18.9. The van der Waals surface area contributed by atoms with Crippen LogP contribution in [0.3, 0.4) is 0 Å². The van der Waals surface area contributed by atoms with Crippen LogP contribution in [-0.2, 0) is 19.1 Å².